The number of fused-ring (bicyclic) bond motifs is 1. The summed E-state index contributed by atoms with van der Waals surface area (Å²) in [6.45, 7) is 2.87. The molecule has 0 radical (unpaired) electrons. The number of benzene rings is 3. The molecule has 4 aromatic rings. The van der Waals surface area contributed by atoms with Crippen LogP contribution in [0.4, 0.5) is 0 Å². The monoisotopic (exact) mass is 427 g/mol. The summed E-state index contributed by atoms with van der Waals surface area (Å²) in [5.41, 5.74) is 11.3. The van der Waals surface area contributed by atoms with Crippen LogP contribution in [0, 0.1) is 5.41 Å². The van der Waals surface area contributed by atoms with Gasteiger partial charge in [0.25, 0.3) is 0 Å². The second-order valence-corrected chi connectivity index (χ2v) is 7.64. The number of methoxy groups -OCH3 is 1. The van der Waals surface area contributed by atoms with Gasteiger partial charge in [-0.05, 0) is 53.4 Å². The van der Waals surface area contributed by atoms with Crippen LogP contribution in [-0.2, 0) is 13.0 Å². The Hall–Kier alpha value is -4.06. The SMILES string of the molecule is CCn1cc(Cc2ccccc2-c2ccc(OC)cc2C(=O)O)c2ccc(C(=N)N)cc21. The van der Waals surface area contributed by atoms with Gasteiger partial charge in [-0.2, -0.15) is 0 Å². The number of nitrogens with zero attached hydrogens (tertiary/aromatic N) is 1. The topological polar surface area (TPSA) is 101 Å². The van der Waals surface area contributed by atoms with Crippen LogP contribution in [0.2, 0.25) is 0 Å². The predicted molar refractivity (Wildman–Crippen MR) is 127 cm³/mol. The number of nitrogen functional groups attached to an aromatic ring is 1. The number of rotatable bonds is 7. The lowest BCUT2D eigenvalue weighted by atomic mass is 9.92. The molecule has 6 heteroatoms. The molecular weight excluding hydrogens is 402 g/mol. The first kappa shape index (κ1) is 21.2. The molecule has 0 aliphatic heterocycles. The molecule has 1 heterocycles. The number of ether oxygens (including phenoxy) is 1. The smallest absolute Gasteiger partial charge is 0.336 e. The fourth-order valence-corrected chi connectivity index (χ4v) is 4.14. The van der Waals surface area contributed by atoms with Gasteiger partial charge < -0.3 is 20.1 Å². The molecule has 3 aromatic carbocycles. The Bertz CT molecular complexity index is 1340. The second kappa shape index (κ2) is 8.59. The molecule has 32 heavy (non-hydrogen) atoms. The van der Waals surface area contributed by atoms with E-state index in [2.05, 4.69) is 17.7 Å². The van der Waals surface area contributed by atoms with Gasteiger partial charge in [0.15, 0.2) is 0 Å². The van der Waals surface area contributed by atoms with Crippen molar-refractivity contribution in [2.24, 2.45) is 5.73 Å². The fourth-order valence-electron chi connectivity index (χ4n) is 4.14. The number of aryl methyl sites for hydroxylation is 1. The third kappa shape index (κ3) is 3.83. The highest BCUT2D eigenvalue weighted by molar-refractivity contribution is 5.99. The van der Waals surface area contributed by atoms with E-state index in [4.69, 9.17) is 15.9 Å². The number of hydrogen-bond donors (Lipinski definition) is 3. The molecule has 0 bridgehead atoms. The van der Waals surface area contributed by atoms with E-state index in [1.807, 2.05) is 42.5 Å². The molecular formula is C26H25N3O3. The Morgan fingerprint density at radius 3 is 2.53 bits per heavy atom. The number of nitrogens with two attached hydrogens (primary N) is 1. The van der Waals surface area contributed by atoms with Gasteiger partial charge in [-0.25, -0.2) is 4.79 Å². The Morgan fingerprint density at radius 1 is 1.06 bits per heavy atom. The van der Waals surface area contributed by atoms with Gasteiger partial charge in [0.1, 0.15) is 11.6 Å². The lowest BCUT2D eigenvalue weighted by Gasteiger charge is -2.13. The van der Waals surface area contributed by atoms with E-state index in [0.29, 0.717) is 23.3 Å². The van der Waals surface area contributed by atoms with Crippen LogP contribution in [0.25, 0.3) is 22.0 Å². The Kier molecular flexibility index (Phi) is 5.69. The molecule has 162 valence electrons. The Morgan fingerprint density at radius 2 is 1.84 bits per heavy atom. The third-order valence-corrected chi connectivity index (χ3v) is 5.76. The highest BCUT2D eigenvalue weighted by atomic mass is 16.5. The average Bonchev–Trinajstić information content (AvgIpc) is 3.15. The average molecular weight is 428 g/mol. The van der Waals surface area contributed by atoms with Crippen LogP contribution >= 0.6 is 0 Å². The molecule has 0 aliphatic rings. The first-order valence-electron chi connectivity index (χ1n) is 10.4. The van der Waals surface area contributed by atoms with Crippen molar-refractivity contribution < 1.29 is 14.6 Å². The van der Waals surface area contributed by atoms with Gasteiger partial charge >= 0.3 is 5.97 Å². The van der Waals surface area contributed by atoms with Crippen molar-refractivity contribution in [3.05, 3.63) is 89.1 Å². The van der Waals surface area contributed by atoms with Crippen LogP contribution in [0.15, 0.2) is 66.9 Å². The number of aromatic nitrogens is 1. The van der Waals surface area contributed by atoms with Crippen LogP contribution < -0.4 is 10.5 Å². The van der Waals surface area contributed by atoms with Crippen LogP contribution in [-0.4, -0.2) is 28.6 Å². The van der Waals surface area contributed by atoms with Gasteiger partial charge in [-0.3, -0.25) is 5.41 Å². The number of nitrogens with one attached hydrogen (secondary N) is 1. The Balaban J connectivity index is 1.83. The molecule has 0 saturated carbocycles. The maximum Gasteiger partial charge on any atom is 0.336 e. The number of aromatic carboxylic acids is 1. The van der Waals surface area contributed by atoms with E-state index in [9.17, 15) is 9.90 Å². The number of hydrogen-bond acceptors (Lipinski definition) is 3. The lowest BCUT2D eigenvalue weighted by molar-refractivity contribution is 0.0697. The molecule has 4 rings (SSSR count). The maximum atomic E-state index is 12.0. The zero-order valence-electron chi connectivity index (χ0n) is 18.1. The summed E-state index contributed by atoms with van der Waals surface area (Å²) in [6, 6.07) is 18.8. The Labute approximate surface area is 186 Å². The molecule has 0 spiro atoms. The van der Waals surface area contributed by atoms with Gasteiger partial charge in [0.05, 0.1) is 12.7 Å². The number of amidine groups is 1. The maximum absolute atomic E-state index is 12.0. The molecule has 4 N–H and O–H groups in total. The molecule has 6 nitrogen and oxygen atoms in total. The van der Waals surface area contributed by atoms with Crippen molar-refractivity contribution in [2.75, 3.05) is 7.11 Å². The first-order valence-corrected chi connectivity index (χ1v) is 10.4. The molecule has 0 unspecified atom stereocenters. The van der Waals surface area contributed by atoms with Gasteiger partial charge in [-0.15, -0.1) is 0 Å². The number of carboxylic acid groups (broad SMARTS) is 1. The number of carboxylic acids is 1. The normalized spacial score (nSPS) is 10.9. The van der Waals surface area contributed by atoms with E-state index >= 15 is 0 Å². The molecule has 0 aliphatic carbocycles. The fraction of sp³-hybridized carbons (Fsp3) is 0.154. The first-order chi connectivity index (χ1) is 15.4. The third-order valence-electron chi connectivity index (χ3n) is 5.76. The van der Waals surface area contributed by atoms with Crippen LogP contribution in [0.5, 0.6) is 5.75 Å². The van der Waals surface area contributed by atoms with E-state index in [1.165, 1.54) is 7.11 Å². The van der Waals surface area contributed by atoms with Crippen molar-refractivity contribution in [1.29, 1.82) is 5.41 Å². The van der Waals surface area contributed by atoms with Crippen molar-refractivity contribution in [3.63, 3.8) is 0 Å². The van der Waals surface area contributed by atoms with Crippen molar-refractivity contribution >= 4 is 22.7 Å². The summed E-state index contributed by atoms with van der Waals surface area (Å²) in [6.07, 6.45) is 2.77. The summed E-state index contributed by atoms with van der Waals surface area (Å²) in [5, 5.41) is 18.6. The number of carbonyl (C=O) groups is 1. The summed E-state index contributed by atoms with van der Waals surface area (Å²) >= 11 is 0. The molecule has 0 saturated heterocycles. The highest BCUT2D eigenvalue weighted by Gasteiger charge is 2.17. The minimum Gasteiger partial charge on any atom is -0.497 e. The summed E-state index contributed by atoms with van der Waals surface area (Å²) in [4.78, 5) is 12.0. The largest absolute Gasteiger partial charge is 0.497 e. The van der Waals surface area contributed by atoms with E-state index in [0.717, 1.165) is 34.1 Å². The predicted octanol–water partition coefficient (Wildman–Crippen LogP) is 4.91. The standard InChI is InChI=1S/C26H25N3O3/c1-3-29-15-18(21-10-8-17(25(27)28)13-24(21)29)12-16-6-4-5-7-20(16)22-11-9-19(32-2)14-23(22)26(30)31/h4-11,13-15H,3,12H2,1-2H3,(H3,27,28)(H,30,31). The molecule has 0 fully saturated rings. The van der Waals surface area contributed by atoms with Crippen LogP contribution in [0.3, 0.4) is 0 Å². The quantitative estimate of drug-likeness (QED) is 0.288. The van der Waals surface area contributed by atoms with E-state index in [-0.39, 0.29) is 11.4 Å². The summed E-state index contributed by atoms with van der Waals surface area (Å²) in [5.74, 6) is -0.438. The van der Waals surface area contributed by atoms with Crippen molar-refractivity contribution in [3.8, 4) is 16.9 Å². The minimum absolute atomic E-state index is 0.0448. The summed E-state index contributed by atoms with van der Waals surface area (Å²) in [7, 11) is 1.52. The zero-order valence-corrected chi connectivity index (χ0v) is 18.1. The van der Waals surface area contributed by atoms with E-state index < -0.39 is 5.97 Å². The van der Waals surface area contributed by atoms with Crippen molar-refractivity contribution in [1.82, 2.24) is 4.57 Å². The zero-order chi connectivity index (χ0) is 22.8. The lowest BCUT2D eigenvalue weighted by Crippen LogP contribution is -2.10. The summed E-state index contributed by atoms with van der Waals surface area (Å²) < 4.78 is 7.37. The van der Waals surface area contributed by atoms with Crippen LogP contribution in [0.1, 0.15) is 34.0 Å². The molecule has 0 atom stereocenters. The van der Waals surface area contributed by atoms with Gasteiger partial charge in [-0.1, -0.05) is 36.4 Å². The molecule has 0 amide bonds. The second-order valence-electron chi connectivity index (χ2n) is 7.64. The van der Waals surface area contributed by atoms with Gasteiger partial charge in [0, 0.05) is 35.6 Å². The minimum atomic E-state index is -0.993. The molecule has 1 aromatic heterocycles. The highest BCUT2D eigenvalue weighted by Crippen LogP contribution is 2.33. The van der Waals surface area contributed by atoms with Crippen molar-refractivity contribution in [2.45, 2.75) is 19.9 Å². The van der Waals surface area contributed by atoms with E-state index in [1.54, 1.807) is 18.2 Å². The van der Waals surface area contributed by atoms with Gasteiger partial charge in [0.2, 0.25) is 0 Å².